The predicted molar refractivity (Wildman–Crippen MR) is 59.1 cm³/mol. The zero-order valence-electron chi connectivity index (χ0n) is 8.92. The number of nitrogens with zero attached hydrogens (tertiary/aromatic N) is 1. The number of benzene rings is 1. The van der Waals surface area contributed by atoms with Crippen LogP contribution >= 0.6 is 0 Å². The normalized spacial score (nSPS) is 10.9. The van der Waals surface area contributed by atoms with Crippen LogP contribution in [-0.2, 0) is 6.54 Å². The van der Waals surface area contributed by atoms with Crippen LogP contribution in [-0.4, -0.2) is 27.4 Å². The van der Waals surface area contributed by atoms with E-state index in [0.717, 1.165) is 0 Å². The molecule has 1 aromatic carbocycles. The number of aliphatic hydroxyl groups excluding tert-OH is 1. The van der Waals surface area contributed by atoms with Crippen molar-refractivity contribution in [3.8, 4) is 0 Å². The second kappa shape index (κ2) is 4.42. The summed E-state index contributed by atoms with van der Waals surface area (Å²) in [7, 11) is 0. The number of aliphatic hydroxyl groups is 1. The minimum Gasteiger partial charge on any atom is -0.478 e. The van der Waals surface area contributed by atoms with Crippen LogP contribution in [0, 0.1) is 0 Å². The average molecular weight is 237 g/mol. The summed E-state index contributed by atoms with van der Waals surface area (Å²) in [5, 5.41) is 17.6. The number of hydrogen-bond donors (Lipinski definition) is 2. The topological polar surface area (TPSA) is 92.7 Å². The van der Waals surface area contributed by atoms with Crippen LogP contribution in [0.2, 0.25) is 0 Å². The molecule has 0 radical (unpaired) electrons. The molecule has 0 bridgehead atoms. The molecule has 1 heterocycles. The standard InChI is InChI=1S/C11H11NO5/c13-5-1-4-12-8-6-7(10(14)15)2-3-9(8)17-11(12)16/h2-3,6,13H,1,4-5H2,(H,14,15). The second-order valence-electron chi connectivity index (χ2n) is 3.58. The fraction of sp³-hybridized carbons (Fsp3) is 0.273. The Kier molecular flexibility index (Phi) is 2.97. The van der Waals surface area contributed by atoms with Gasteiger partial charge in [-0.15, -0.1) is 0 Å². The average Bonchev–Trinajstić information content (AvgIpc) is 2.61. The zero-order chi connectivity index (χ0) is 12.4. The van der Waals surface area contributed by atoms with E-state index >= 15 is 0 Å². The van der Waals surface area contributed by atoms with Gasteiger partial charge in [0.25, 0.3) is 0 Å². The Balaban J connectivity index is 2.57. The third kappa shape index (κ3) is 2.07. The Morgan fingerprint density at radius 3 is 2.82 bits per heavy atom. The number of carboxylic acids is 1. The summed E-state index contributed by atoms with van der Waals surface area (Å²) in [5.74, 6) is -1.61. The van der Waals surface area contributed by atoms with E-state index < -0.39 is 11.7 Å². The van der Waals surface area contributed by atoms with E-state index in [4.69, 9.17) is 14.6 Å². The fourth-order valence-electron chi connectivity index (χ4n) is 1.64. The molecule has 0 unspecified atom stereocenters. The van der Waals surface area contributed by atoms with Crippen molar-refractivity contribution >= 4 is 17.1 Å². The van der Waals surface area contributed by atoms with Crippen LogP contribution in [0.1, 0.15) is 16.8 Å². The van der Waals surface area contributed by atoms with Crippen molar-refractivity contribution in [2.24, 2.45) is 0 Å². The number of aryl methyl sites for hydroxylation is 1. The Labute approximate surface area is 95.7 Å². The predicted octanol–water partition coefficient (Wildman–Crippen LogP) is 0.675. The highest BCUT2D eigenvalue weighted by molar-refractivity contribution is 5.91. The molecule has 0 saturated heterocycles. The Morgan fingerprint density at radius 1 is 1.41 bits per heavy atom. The number of aromatic nitrogens is 1. The molecule has 6 nitrogen and oxygen atoms in total. The molecule has 0 spiro atoms. The van der Waals surface area contributed by atoms with Crippen LogP contribution in [0.5, 0.6) is 0 Å². The molecule has 0 aliphatic heterocycles. The van der Waals surface area contributed by atoms with Gasteiger partial charge in [-0.3, -0.25) is 4.57 Å². The molecule has 6 heteroatoms. The number of carbonyl (C=O) groups is 1. The molecule has 0 saturated carbocycles. The van der Waals surface area contributed by atoms with Gasteiger partial charge in [0.15, 0.2) is 5.58 Å². The van der Waals surface area contributed by atoms with E-state index in [1.165, 1.54) is 22.8 Å². The monoisotopic (exact) mass is 237 g/mol. The van der Waals surface area contributed by atoms with Crippen LogP contribution < -0.4 is 5.76 Å². The Hall–Kier alpha value is -2.08. The van der Waals surface area contributed by atoms with Crippen molar-refractivity contribution in [2.45, 2.75) is 13.0 Å². The minimum atomic E-state index is -1.06. The lowest BCUT2D eigenvalue weighted by atomic mass is 10.2. The summed E-state index contributed by atoms with van der Waals surface area (Å²) in [6.07, 6.45) is 0.409. The van der Waals surface area contributed by atoms with Gasteiger partial charge in [-0.05, 0) is 24.6 Å². The first-order valence-electron chi connectivity index (χ1n) is 5.11. The number of oxazole rings is 1. The highest BCUT2D eigenvalue weighted by atomic mass is 16.4. The van der Waals surface area contributed by atoms with Crippen LogP contribution in [0.25, 0.3) is 11.1 Å². The first-order valence-corrected chi connectivity index (χ1v) is 5.11. The maximum absolute atomic E-state index is 11.5. The number of aromatic carboxylic acids is 1. The zero-order valence-corrected chi connectivity index (χ0v) is 8.92. The molecule has 17 heavy (non-hydrogen) atoms. The van der Waals surface area contributed by atoms with E-state index in [1.54, 1.807) is 0 Å². The van der Waals surface area contributed by atoms with Crippen molar-refractivity contribution < 1.29 is 19.4 Å². The van der Waals surface area contributed by atoms with E-state index in [2.05, 4.69) is 0 Å². The molecule has 0 atom stereocenters. The SMILES string of the molecule is O=C(O)c1ccc2oc(=O)n(CCCO)c2c1. The molecule has 0 aliphatic carbocycles. The summed E-state index contributed by atoms with van der Waals surface area (Å²) in [4.78, 5) is 22.3. The third-order valence-electron chi connectivity index (χ3n) is 2.45. The van der Waals surface area contributed by atoms with Gasteiger partial charge in [0.2, 0.25) is 0 Å². The van der Waals surface area contributed by atoms with Crippen molar-refractivity contribution in [1.82, 2.24) is 4.57 Å². The van der Waals surface area contributed by atoms with E-state index in [-0.39, 0.29) is 12.2 Å². The molecular formula is C11H11NO5. The maximum Gasteiger partial charge on any atom is 0.419 e. The van der Waals surface area contributed by atoms with E-state index in [0.29, 0.717) is 24.1 Å². The van der Waals surface area contributed by atoms with Crippen molar-refractivity contribution in [2.75, 3.05) is 6.61 Å². The van der Waals surface area contributed by atoms with Gasteiger partial charge in [-0.25, -0.2) is 9.59 Å². The smallest absolute Gasteiger partial charge is 0.419 e. The van der Waals surface area contributed by atoms with Gasteiger partial charge in [-0.1, -0.05) is 0 Å². The summed E-state index contributed by atoms with van der Waals surface area (Å²) in [6, 6.07) is 4.22. The molecule has 1 aromatic heterocycles. The molecule has 90 valence electrons. The quantitative estimate of drug-likeness (QED) is 0.815. The number of hydrogen-bond acceptors (Lipinski definition) is 4. The lowest BCUT2D eigenvalue weighted by Gasteiger charge is -2.00. The molecule has 0 amide bonds. The Morgan fingerprint density at radius 2 is 2.18 bits per heavy atom. The van der Waals surface area contributed by atoms with Crippen LogP contribution in [0.15, 0.2) is 27.4 Å². The van der Waals surface area contributed by atoms with Crippen molar-refractivity contribution in [3.05, 3.63) is 34.3 Å². The fourth-order valence-corrected chi connectivity index (χ4v) is 1.64. The van der Waals surface area contributed by atoms with Crippen molar-refractivity contribution in [3.63, 3.8) is 0 Å². The highest BCUT2D eigenvalue weighted by Crippen LogP contribution is 2.15. The molecule has 2 N–H and O–H groups in total. The minimum absolute atomic E-state index is 0.0439. The first kappa shape index (κ1) is 11.4. The molecule has 0 fully saturated rings. The van der Waals surface area contributed by atoms with Gasteiger partial charge in [0.05, 0.1) is 11.1 Å². The molecule has 2 aromatic rings. The summed E-state index contributed by atoms with van der Waals surface area (Å²) in [5.41, 5.74) is 0.873. The summed E-state index contributed by atoms with van der Waals surface area (Å²) < 4.78 is 6.28. The van der Waals surface area contributed by atoms with Gasteiger partial charge < -0.3 is 14.6 Å². The first-order chi connectivity index (χ1) is 8.13. The largest absolute Gasteiger partial charge is 0.478 e. The lowest BCUT2D eigenvalue weighted by molar-refractivity contribution is 0.0697. The molecular weight excluding hydrogens is 226 g/mol. The van der Waals surface area contributed by atoms with E-state index in [9.17, 15) is 9.59 Å². The van der Waals surface area contributed by atoms with Gasteiger partial charge >= 0.3 is 11.7 Å². The van der Waals surface area contributed by atoms with Crippen LogP contribution in [0.3, 0.4) is 0 Å². The summed E-state index contributed by atoms with van der Waals surface area (Å²) in [6.45, 7) is 0.253. The second-order valence-corrected chi connectivity index (χ2v) is 3.58. The lowest BCUT2D eigenvalue weighted by Crippen LogP contribution is -2.15. The Bertz CT molecular complexity index is 610. The third-order valence-corrected chi connectivity index (χ3v) is 2.45. The van der Waals surface area contributed by atoms with Crippen molar-refractivity contribution in [1.29, 1.82) is 0 Å². The molecule has 2 rings (SSSR count). The van der Waals surface area contributed by atoms with E-state index in [1.807, 2.05) is 0 Å². The number of rotatable bonds is 4. The number of carboxylic acid groups (broad SMARTS) is 1. The van der Waals surface area contributed by atoms with Crippen LogP contribution in [0.4, 0.5) is 0 Å². The highest BCUT2D eigenvalue weighted by Gasteiger charge is 2.11. The maximum atomic E-state index is 11.5. The van der Waals surface area contributed by atoms with Gasteiger partial charge in [0, 0.05) is 13.2 Å². The van der Waals surface area contributed by atoms with Gasteiger partial charge in [-0.2, -0.15) is 0 Å². The molecule has 0 aliphatic rings. The number of fused-ring (bicyclic) bond motifs is 1. The summed E-state index contributed by atoms with van der Waals surface area (Å²) >= 11 is 0. The van der Waals surface area contributed by atoms with Gasteiger partial charge in [0.1, 0.15) is 0 Å².